The Kier molecular flexibility index (Phi) is 3.11. The predicted octanol–water partition coefficient (Wildman–Crippen LogP) is 2.79. The molecule has 1 aliphatic heterocycles. The van der Waals surface area contributed by atoms with Gasteiger partial charge in [-0.25, -0.2) is 4.98 Å². The normalized spacial score (nSPS) is 24.1. The first kappa shape index (κ1) is 14.2. The lowest BCUT2D eigenvalue weighted by Crippen LogP contribution is -2.40. The number of carboxylic acid groups (broad SMARTS) is 1. The second kappa shape index (κ2) is 4.61. The number of nitrogens with zero attached hydrogens (tertiary/aromatic N) is 2. The van der Waals surface area contributed by atoms with Gasteiger partial charge in [-0.1, -0.05) is 12.5 Å². The fourth-order valence-electron chi connectivity index (χ4n) is 3.38. The summed E-state index contributed by atoms with van der Waals surface area (Å²) in [6.45, 7) is 0.696. The number of carbonyl (C=O) groups is 1. The van der Waals surface area contributed by atoms with Crippen LogP contribution in [0.5, 0.6) is 0 Å². The number of rotatable bonds is 2. The van der Waals surface area contributed by atoms with Crippen molar-refractivity contribution in [2.24, 2.45) is 11.3 Å². The van der Waals surface area contributed by atoms with Crippen LogP contribution in [0.25, 0.3) is 0 Å². The molecule has 0 bridgehead atoms. The maximum atomic E-state index is 12.7. The van der Waals surface area contributed by atoms with E-state index in [-0.39, 0.29) is 17.8 Å². The first-order chi connectivity index (χ1) is 9.82. The summed E-state index contributed by atoms with van der Waals surface area (Å²) in [6, 6.07) is 3.74. The summed E-state index contributed by atoms with van der Waals surface area (Å²) in [5, 5.41) is 9.34. The van der Waals surface area contributed by atoms with Crippen LogP contribution in [0, 0.1) is 11.3 Å². The highest BCUT2D eigenvalue weighted by Gasteiger charge is 2.53. The van der Waals surface area contributed by atoms with E-state index in [9.17, 15) is 23.1 Å². The van der Waals surface area contributed by atoms with Crippen LogP contribution in [-0.4, -0.2) is 29.1 Å². The van der Waals surface area contributed by atoms with Crippen molar-refractivity contribution >= 4 is 11.8 Å². The summed E-state index contributed by atoms with van der Waals surface area (Å²) in [5.74, 6) is -1.19. The van der Waals surface area contributed by atoms with E-state index in [1.54, 1.807) is 4.90 Å². The summed E-state index contributed by atoms with van der Waals surface area (Å²) in [6.07, 6.45) is -1.87. The molecule has 7 heteroatoms. The van der Waals surface area contributed by atoms with Crippen molar-refractivity contribution in [1.82, 2.24) is 4.98 Å². The number of aromatic nitrogens is 1. The van der Waals surface area contributed by atoms with Crippen molar-refractivity contribution in [3.8, 4) is 0 Å². The van der Waals surface area contributed by atoms with E-state index in [2.05, 4.69) is 4.98 Å². The van der Waals surface area contributed by atoms with E-state index >= 15 is 0 Å². The Bertz CT molecular complexity index is 570. The summed E-state index contributed by atoms with van der Waals surface area (Å²) < 4.78 is 38.1. The van der Waals surface area contributed by atoms with E-state index in [0.29, 0.717) is 6.54 Å². The van der Waals surface area contributed by atoms with Gasteiger partial charge in [0.05, 0.1) is 5.92 Å². The van der Waals surface area contributed by atoms with Crippen LogP contribution in [0.2, 0.25) is 0 Å². The van der Waals surface area contributed by atoms with Gasteiger partial charge in [-0.15, -0.1) is 0 Å². The third kappa shape index (κ3) is 2.34. The van der Waals surface area contributed by atoms with Crippen LogP contribution < -0.4 is 4.90 Å². The molecule has 1 aromatic rings. The molecular weight excluding hydrogens is 285 g/mol. The predicted molar refractivity (Wildman–Crippen MR) is 68.9 cm³/mol. The maximum Gasteiger partial charge on any atom is 0.433 e. The van der Waals surface area contributed by atoms with Gasteiger partial charge in [0.25, 0.3) is 0 Å². The molecule has 1 atom stereocenters. The van der Waals surface area contributed by atoms with Crippen LogP contribution in [0.1, 0.15) is 25.0 Å². The SMILES string of the molecule is O=C(O)[C@H]1CN(c2cccc(C(F)(F)F)n2)CC12CCC2. The molecular formula is C14H15F3N2O2. The van der Waals surface area contributed by atoms with Gasteiger partial charge in [-0.2, -0.15) is 13.2 Å². The number of hydrogen-bond donors (Lipinski definition) is 1. The first-order valence-corrected chi connectivity index (χ1v) is 6.84. The fraction of sp³-hybridized carbons (Fsp3) is 0.571. The van der Waals surface area contributed by atoms with Gasteiger partial charge in [-0.05, 0) is 25.0 Å². The maximum absolute atomic E-state index is 12.7. The Morgan fingerprint density at radius 1 is 1.38 bits per heavy atom. The first-order valence-electron chi connectivity index (χ1n) is 6.84. The minimum absolute atomic E-state index is 0.208. The molecule has 3 rings (SSSR count). The second-order valence-corrected chi connectivity index (χ2v) is 5.87. The van der Waals surface area contributed by atoms with Crippen molar-refractivity contribution in [1.29, 1.82) is 0 Å². The smallest absolute Gasteiger partial charge is 0.433 e. The topological polar surface area (TPSA) is 53.4 Å². The Hall–Kier alpha value is -1.79. The Labute approximate surface area is 119 Å². The van der Waals surface area contributed by atoms with E-state index in [1.807, 2.05) is 0 Å². The summed E-state index contributed by atoms with van der Waals surface area (Å²) in [4.78, 5) is 16.7. The molecule has 2 heterocycles. The van der Waals surface area contributed by atoms with Gasteiger partial charge in [-0.3, -0.25) is 4.79 Å². The number of halogens is 3. The number of carboxylic acids is 1. The largest absolute Gasteiger partial charge is 0.481 e. The molecule has 1 saturated carbocycles. The van der Waals surface area contributed by atoms with Gasteiger partial charge in [0.1, 0.15) is 11.5 Å². The molecule has 2 fully saturated rings. The van der Waals surface area contributed by atoms with Gasteiger partial charge in [0.15, 0.2) is 0 Å². The Morgan fingerprint density at radius 3 is 2.57 bits per heavy atom. The van der Waals surface area contributed by atoms with Crippen LogP contribution in [0.3, 0.4) is 0 Å². The second-order valence-electron chi connectivity index (χ2n) is 5.87. The number of pyridine rings is 1. The third-order valence-corrected chi connectivity index (χ3v) is 4.64. The summed E-state index contributed by atoms with van der Waals surface area (Å²) in [5.41, 5.74) is -1.23. The molecule has 1 aliphatic carbocycles. The van der Waals surface area contributed by atoms with Crippen molar-refractivity contribution in [3.05, 3.63) is 23.9 Å². The minimum atomic E-state index is -4.49. The standard InChI is InChI=1S/C14H15F3N2O2/c15-14(16,17)10-3-1-4-11(18-10)19-7-9(12(20)21)13(8-19)5-2-6-13/h1,3-4,9H,2,5-8H2,(H,20,21)/t9-/m1/s1. The highest BCUT2D eigenvalue weighted by Crippen LogP contribution is 2.52. The van der Waals surface area contributed by atoms with Gasteiger partial charge in [0.2, 0.25) is 0 Å². The van der Waals surface area contributed by atoms with Crippen molar-refractivity contribution in [3.63, 3.8) is 0 Å². The van der Waals surface area contributed by atoms with Crippen LogP contribution >= 0.6 is 0 Å². The summed E-state index contributed by atoms with van der Waals surface area (Å²) >= 11 is 0. The molecule has 114 valence electrons. The zero-order valence-electron chi connectivity index (χ0n) is 11.2. The molecule has 0 radical (unpaired) electrons. The Morgan fingerprint density at radius 2 is 2.10 bits per heavy atom. The van der Waals surface area contributed by atoms with Crippen molar-refractivity contribution in [2.75, 3.05) is 18.0 Å². The molecule has 0 unspecified atom stereocenters. The van der Waals surface area contributed by atoms with Gasteiger partial charge in [0, 0.05) is 18.5 Å². The van der Waals surface area contributed by atoms with Crippen LogP contribution in [-0.2, 0) is 11.0 Å². The van der Waals surface area contributed by atoms with E-state index in [0.717, 1.165) is 25.3 Å². The highest BCUT2D eigenvalue weighted by molar-refractivity contribution is 5.73. The zero-order chi connectivity index (χ0) is 15.3. The van der Waals surface area contributed by atoms with E-state index in [4.69, 9.17) is 0 Å². The lowest BCUT2D eigenvalue weighted by molar-refractivity contribution is -0.146. The van der Waals surface area contributed by atoms with Gasteiger partial charge < -0.3 is 10.0 Å². The molecule has 1 saturated heterocycles. The number of hydrogen-bond acceptors (Lipinski definition) is 3. The third-order valence-electron chi connectivity index (χ3n) is 4.64. The molecule has 4 nitrogen and oxygen atoms in total. The molecule has 1 spiro atoms. The average Bonchev–Trinajstić information content (AvgIpc) is 2.78. The molecule has 21 heavy (non-hydrogen) atoms. The zero-order valence-corrected chi connectivity index (χ0v) is 11.2. The van der Waals surface area contributed by atoms with E-state index < -0.39 is 23.8 Å². The quantitative estimate of drug-likeness (QED) is 0.912. The highest BCUT2D eigenvalue weighted by atomic mass is 19.4. The van der Waals surface area contributed by atoms with Crippen molar-refractivity contribution < 1.29 is 23.1 Å². The van der Waals surface area contributed by atoms with Crippen molar-refractivity contribution in [2.45, 2.75) is 25.4 Å². The fourth-order valence-corrected chi connectivity index (χ4v) is 3.38. The van der Waals surface area contributed by atoms with Crippen LogP contribution in [0.15, 0.2) is 18.2 Å². The van der Waals surface area contributed by atoms with Crippen LogP contribution in [0.4, 0.5) is 19.0 Å². The minimum Gasteiger partial charge on any atom is -0.481 e. The monoisotopic (exact) mass is 300 g/mol. The van der Waals surface area contributed by atoms with E-state index in [1.165, 1.54) is 12.1 Å². The molecule has 0 amide bonds. The average molecular weight is 300 g/mol. The molecule has 1 aromatic heterocycles. The molecule has 1 N–H and O–H groups in total. The lowest BCUT2D eigenvalue weighted by atomic mass is 9.63. The molecule has 0 aromatic carbocycles. The lowest BCUT2D eigenvalue weighted by Gasteiger charge is -2.41. The number of alkyl halides is 3. The summed E-state index contributed by atoms with van der Waals surface area (Å²) in [7, 11) is 0. The Balaban J connectivity index is 1.87. The number of anilines is 1. The number of aliphatic carboxylic acids is 1. The van der Waals surface area contributed by atoms with Gasteiger partial charge >= 0.3 is 12.1 Å². The molecule has 2 aliphatic rings.